The van der Waals surface area contributed by atoms with E-state index in [1.54, 1.807) is 0 Å². The monoisotopic (exact) mass is 278 g/mol. The van der Waals surface area contributed by atoms with Gasteiger partial charge in [-0.15, -0.1) is 0 Å². The van der Waals surface area contributed by atoms with E-state index in [1.807, 2.05) is 0 Å². The number of likely N-dealkylation sites (tertiary alicyclic amines) is 1. The highest BCUT2D eigenvalue weighted by Crippen LogP contribution is 2.29. The zero-order chi connectivity index (χ0) is 13.9. The van der Waals surface area contributed by atoms with Crippen molar-refractivity contribution in [2.75, 3.05) is 26.2 Å². The zero-order valence-corrected chi connectivity index (χ0v) is 12.6. The number of nitrogens with zero attached hydrogens (tertiary/aromatic N) is 3. The molecule has 0 aliphatic carbocycles. The molecule has 1 N–H and O–H groups in total. The van der Waals surface area contributed by atoms with Crippen LogP contribution in [0.1, 0.15) is 63.1 Å². The lowest BCUT2D eigenvalue weighted by Gasteiger charge is -2.33. The average molecular weight is 278 g/mol. The van der Waals surface area contributed by atoms with E-state index in [4.69, 9.17) is 9.51 Å². The van der Waals surface area contributed by atoms with E-state index in [1.165, 1.54) is 0 Å². The molecular weight excluding hydrogens is 252 g/mol. The highest BCUT2D eigenvalue weighted by molar-refractivity contribution is 5.02. The quantitative estimate of drug-likeness (QED) is 0.918. The molecule has 0 spiro atoms. The lowest BCUT2D eigenvalue weighted by Crippen LogP contribution is -2.38. The van der Waals surface area contributed by atoms with Gasteiger partial charge in [-0.1, -0.05) is 5.16 Å². The van der Waals surface area contributed by atoms with Crippen LogP contribution in [0.4, 0.5) is 0 Å². The summed E-state index contributed by atoms with van der Waals surface area (Å²) in [5, 5.41) is 7.63. The Morgan fingerprint density at radius 2 is 1.80 bits per heavy atom. The highest BCUT2D eigenvalue weighted by atomic mass is 16.5. The minimum Gasteiger partial charge on any atom is -0.339 e. The van der Waals surface area contributed by atoms with Gasteiger partial charge in [0, 0.05) is 17.9 Å². The standard InChI is InChI=1S/C15H26N4O/c1-11(2)19-9-5-12(6-10-19)14-17-15(20-18-14)13-3-7-16-8-4-13/h11-13,16H,3-10H2,1-2H3. The molecule has 0 unspecified atom stereocenters. The molecule has 3 rings (SSSR count). The molecule has 0 amide bonds. The topological polar surface area (TPSA) is 54.2 Å². The van der Waals surface area contributed by atoms with Crippen LogP contribution in [0.15, 0.2) is 4.52 Å². The summed E-state index contributed by atoms with van der Waals surface area (Å²) in [6.45, 7) is 8.97. The Hall–Kier alpha value is -0.940. The minimum atomic E-state index is 0.466. The first-order valence-corrected chi connectivity index (χ1v) is 8.02. The van der Waals surface area contributed by atoms with Crippen molar-refractivity contribution < 1.29 is 4.52 Å². The van der Waals surface area contributed by atoms with Crippen molar-refractivity contribution in [3.63, 3.8) is 0 Å². The molecule has 1 aromatic heterocycles. The molecule has 0 atom stereocenters. The maximum absolute atomic E-state index is 5.53. The minimum absolute atomic E-state index is 0.466. The van der Waals surface area contributed by atoms with Crippen LogP contribution in [0.25, 0.3) is 0 Å². The van der Waals surface area contributed by atoms with Crippen LogP contribution >= 0.6 is 0 Å². The summed E-state index contributed by atoms with van der Waals surface area (Å²) in [4.78, 5) is 7.24. The molecule has 2 aliphatic rings. The smallest absolute Gasteiger partial charge is 0.229 e. The van der Waals surface area contributed by atoms with Gasteiger partial charge in [-0.25, -0.2) is 0 Å². The molecule has 3 heterocycles. The van der Waals surface area contributed by atoms with Crippen LogP contribution in [0.3, 0.4) is 0 Å². The van der Waals surface area contributed by atoms with Crippen molar-refractivity contribution in [2.24, 2.45) is 0 Å². The molecule has 5 heteroatoms. The summed E-state index contributed by atoms with van der Waals surface area (Å²) in [5.74, 6) is 2.77. The number of rotatable bonds is 3. The van der Waals surface area contributed by atoms with Gasteiger partial charge < -0.3 is 14.7 Å². The predicted molar refractivity (Wildman–Crippen MR) is 77.8 cm³/mol. The molecule has 0 radical (unpaired) electrons. The van der Waals surface area contributed by atoms with Crippen molar-refractivity contribution in [1.82, 2.24) is 20.4 Å². The first-order chi connectivity index (χ1) is 9.74. The summed E-state index contributed by atoms with van der Waals surface area (Å²) >= 11 is 0. The zero-order valence-electron chi connectivity index (χ0n) is 12.6. The van der Waals surface area contributed by atoms with Gasteiger partial charge in [-0.3, -0.25) is 0 Å². The van der Waals surface area contributed by atoms with Gasteiger partial charge >= 0.3 is 0 Å². The Morgan fingerprint density at radius 3 is 2.45 bits per heavy atom. The average Bonchev–Trinajstić information content (AvgIpc) is 2.98. The van der Waals surface area contributed by atoms with E-state index >= 15 is 0 Å². The highest BCUT2D eigenvalue weighted by Gasteiger charge is 2.27. The summed E-state index contributed by atoms with van der Waals surface area (Å²) in [6.07, 6.45) is 4.55. The number of hydrogen-bond acceptors (Lipinski definition) is 5. The Balaban J connectivity index is 1.60. The molecule has 0 saturated carbocycles. The first-order valence-electron chi connectivity index (χ1n) is 8.02. The van der Waals surface area contributed by atoms with Crippen LogP contribution in [0, 0.1) is 0 Å². The van der Waals surface area contributed by atoms with Crippen LogP contribution in [0.5, 0.6) is 0 Å². The number of hydrogen-bond donors (Lipinski definition) is 1. The van der Waals surface area contributed by atoms with Crippen LogP contribution in [0.2, 0.25) is 0 Å². The third kappa shape index (κ3) is 3.04. The number of piperidine rings is 2. The van der Waals surface area contributed by atoms with Crippen LogP contribution < -0.4 is 5.32 Å². The molecule has 1 aromatic rings. The molecule has 5 nitrogen and oxygen atoms in total. The maximum atomic E-state index is 5.53. The van der Waals surface area contributed by atoms with E-state index < -0.39 is 0 Å². The van der Waals surface area contributed by atoms with E-state index in [2.05, 4.69) is 29.2 Å². The van der Waals surface area contributed by atoms with Crippen molar-refractivity contribution in [2.45, 2.75) is 57.4 Å². The van der Waals surface area contributed by atoms with E-state index in [0.717, 1.165) is 63.6 Å². The fraction of sp³-hybridized carbons (Fsp3) is 0.867. The number of aromatic nitrogens is 2. The van der Waals surface area contributed by atoms with Gasteiger partial charge in [-0.2, -0.15) is 4.98 Å². The Labute approximate surface area is 121 Å². The van der Waals surface area contributed by atoms with Crippen LogP contribution in [-0.2, 0) is 0 Å². The lowest BCUT2D eigenvalue weighted by molar-refractivity contribution is 0.168. The van der Waals surface area contributed by atoms with E-state index in [9.17, 15) is 0 Å². The summed E-state index contributed by atoms with van der Waals surface area (Å²) < 4.78 is 5.53. The largest absolute Gasteiger partial charge is 0.339 e. The lowest BCUT2D eigenvalue weighted by atomic mass is 9.95. The van der Waals surface area contributed by atoms with Crippen molar-refractivity contribution >= 4 is 0 Å². The van der Waals surface area contributed by atoms with Crippen molar-refractivity contribution in [3.8, 4) is 0 Å². The maximum Gasteiger partial charge on any atom is 0.229 e. The van der Waals surface area contributed by atoms with E-state index in [-0.39, 0.29) is 0 Å². The Morgan fingerprint density at radius 1 is 1.10 bits per heavy atom. The molecule has 0 bridgehead atoms. The summed E-state index contributed by atoms with van der Waals surface area (Å²) in [6, 6.07) is 0.645. The van der Waals surface area contributed by atoms with Crippen LogP contribution in [-0.4, -0.2) is 47.3 Å². The van der Waals surface area contributed by atoms with Gasteiger partial charge in [0.05, 0.1) is 0 Å². The number of nitrogens with one attached hydrogen (secondary N) is 1. The van der Waals surface area contributed by atoms with Gasteiger partial charge in [0.1, 0.15) is 0 Å². The first kappa shape index (κ1) is 14.0. The van der Waals surface area contributed by atoms with Gasteiger partial charge in [-0.05, 0) is 65.7 Å². The fourth-order valence-corrected chi connectivity index (χ4v) is 3.32. The molecule has 20 heavy (non-hydrogen) atoms. The Kier molecular flexibility index (Phi) is 4.36. The summed E-state index contributed by atoms with van der Waals surface area (Å²) in [5.41, 5.74) is 0. The fourth-order valence-electron chi connectivity index (χ4n) is 3.32. The molecule has 2 saturated heterocycles. The Bertz CT molecular complexity index is 417. The third-order valence-electron chi connectivity index (χ3n) is 4.77. The normalized spacial score (nSPS) is 23.6. The van der Waals surface area contributed by atoms with Crippen molar-refractivity contribution in [1.29, 1.82) is 0 Å². The van der Waals surface area contributed by atoms with E-state index in [0.29, 0.717) is 17.9 Å². The predicted octanol–water partition coefficient (Wildman–Crippen LogP) is 2.12. The molecule has 112 valence electrons. The van der Waals surface area contributed by atoms with Crippen molar-refractivity contribution in [3.05, 3.63) is 11.7 Å². The molecule has 2 aliphatic heterocycles. The van der Waals surface area contributed by atoms with Gasteiger partial charge in [0.25, 0.3) is 0 Å². The third-order valence-corrected chi connectivity index (χ3v) is 4.77. The molecule has 2 fully saturated rings. The second-order valence-corrected chi connectivity index (χ2v) is 6.42. The summed E-state index contributed by atoms with van der Waals surface area (Å²) in [7, 11) is 0. The molecular formula is C15H26N4O. The second kappa shape index (κ2) is 6.22. The van der Waals surface area contributed by atoms with Gasteiger partial charge in [0.15, 0.2) is 5.82 Å². The van der Waals surface area contributed by atoms with Gasteiger partial charge in [0.2, 0.25) is 5.89 Å². The molecule has 0 aromatic carbocycles. The second-order valence-electron chi connectivity index (χ2n) is 6.42. The SMILES string of the molecule is CC(C)N1CCC(c2noc(C3CCNCC3)n2)CC1.